The molecule has 1 amide bonds. The van der Waals surface area contributed by atoms with Gasteiger partial charge in [-0.3, -0.25) is 4.79 Å². The summed E-state index contributed by atoms with van der Waals surface area (Å²) in [6, 6.07) is 5.71. The molecular formula is C21H24N4O4. The quantitative estimate of drug-likeness (QED) is 0.694. The molecule has 8 heteroatoms. The molecule has 0 radical (unpaired) electrons. The van der Waals surface area contributed by atoms with Crippen LogP contribution in [-0.4, -0.2) is 32.8 Å². The van der Waals surface area contributed by atoms with Crippen molar-refractivity contribution in [2.24, 2.45) is 7.05 Å². The second-order valence-corrected chi connectivity index (χ2v) is 8.21. The zero-order valence-corrected chi connectivity index (χ0v) is 16.9. The SMILES string of the molecule is Cn1cc(-c2ccc3c(c2)COC[C@@H]3NC(=O)OC(C)(C)C)c2nc[nH]c(=O)c21. The number of H-pyrrole nitrogens is 1. The minimum absolute atomic E-state index is 0.174. The lowest BCUT2D eigenvalue weighted by Crippen LogP contribution is -2.38. The van der Waals surface area contributed by atoms with Crippen LogP contribution in [0.5, 0.6) is 0 Å². The Morgan fingerprint density at radius 1 is 1.38 bits per heavy atom. The number of alkyl carbamates (subject to hydrolysis) is 1. The topological polar surface area (TPSA) is 98.2 Å². The molecule has 0 unspecified atom stereocenters. The third-order valence-corrected chi connectivity index (χ3v) is 4.82. The van der Waals surface area contributed by atoms with Gasteiger partial charge in [0, 0.05) is 18.8 Å². The van der Waals surface area contributed by atoms with Crippen molar-refractivity contribution in [2.75, 3.05) is 6.61 Å². The van der Waals surface area contributed by atoms with Crippen molar-refractivity contribution in [1.29, 1.82) is 0 Å². The van der Waals surface area contributed by atoms with Gasteiger partial charge in [-0.1, -0.05) is 12.1 Å². The van der Waals surface area contributed by atoms with Gasteiger partial charge in [-0.05, 0) is 43.5 Å². The molecule has 1 aliphatic rings. The van der Waals surface area contributed by atoms with Gasteiger partial charge in [0.2, 0.25) is 0 Å². The highest BCUT2D eigenvalue weighted by Crippen LogP contribution is 2.32. The monoisotopic (exact) mass is 396 g/mol. The molecule has 0 aliphatic carbocycles. The summed E-state index contributed by atoms with van der Waals surface area (Å²) in [6.07, 6.45) is 2.84. The van der Waals surface area contributed by atoms with E-state index in [2.05, 4.69) is 15.3 Å². The summed E-state index contributed by atoms with van der Waals surface area (Å²) in [6.45, 7) is 6.32. The molecule has 0 bridgehead atoms. The number of aromatic amines is 1. The third kappa shape index (κ3) is 3.75. The fraction of sp³-hybridized carbons (Fsp3) is 0.381. The number of fused-ring (bicyclic) bond motifs is 2. The molecule has 0 fully saturated rings. The molecule has 152 valence electrons. The first-order chi connectivity index (χ1) is 13.7. The molecule has 3 heterocycles. The van der Waals surface area contributed by atoms with Gasteiger partial charge >= 0.3 is 6.09 Å². The number of nitrogens with zero attached hydrogens (tertiary/aromatic N) is 2. The van der Waals surface area contributed by atoms with Gasteiger partial charge < -0.3 is 24.3 Å². The molecule has 1 aromatic carbocycles. The van der Waals surface area contributed by atoms with Gasteiger partial charge in [-0.25, -0.2) is 9.78 Å². The summed E-state index contributed by atoms with van der Waals surface area (Å²) in [5.41, 5.74) is 4.23. The molecule has 0 spiro atoms. The zero-order valence-electron chi connectivity index (χ0n) is 16.9. The fourth-order valence-corrected chi connectivity index (χ4v) is 3.63. The van der Waals surface area contributed by atoms with Crippen LogP contribution >= 0.6 is 0 Å². The standard InChI is InChI=1S/C21H24N4O4/c1-21(2,3)29-20(27)24-16-10-28-9-13-7-12(5-6-14(13)16)15-8-25(4)18-17(15)22-11-23-19(18)26/h5-8,11,16H,9-10H2,1-4H3,(H,24,27)(H,22,23,26)/t16-/m0/s1. The Balaban J connectivity index is 1.67. The van der Waals surface area contributed by atoms with Crippen LogP contribution < -0.4 is 10.9 Å². The van der Waals surface area contributed by atoms with Crippen molar-refractivity contribution < 1.29 is 14.3 Å². The number of benzene rings is 1. The van der Waals surface area contributed by atoms with Crippen LogP contribution in [0.25, 0.3) is 22.2 Å². The molecule has 1 atom stereocenters. The first kappa shape index (κ1) is 19.2. The average molecular weight is 396 g/mol. The lowest BCUT2D eigenvalue weighted by atomic mass is 9.95. The molecule has 29 heavy (non-hydrogen) atoms. The van der Waals surface area contributed by atoms with E-state index in [1.54, 1.807) is 4.57 Å². The number of carbonyl (C=O) groups excluding carboxylic acids is 1. The summed E-state index contributed by atoms with van der Waals surface area (Å²) >= 11 is 0. The van der Waals surface area contributed by atoms with E-state index < -0.39 is 11.7 Å². The summed E-state index contributed by atoms with van der Waals surface area (Å²) in [5.74, 6) is 0. The number of aryl methyl sites for hydroxylation is 1. The Labute approximate surface area is 167 Å². The van der Waals surface area contributed by atoms with Crippen LogP contribution in [0, 0.1) is 0 Å². The fourth-order valence-electron chi connectivity index (χ4n) is 3.63. The Morgan fingerprint density at radius 2 is 2.17 bits per heavy atom. The largest absolute Gasteiger partial charge is 0.444 e. The van der Waals surface area contributed by atoms with Crippen molar-refractivity contribution in [3.8, 4) is 11.1 Å². The highest BCUT2D eigenvalue weighted by atomic mass is 16.6. The van der Waals surface area contributed by atoms with Crippen LogP contribution in [-0.2, 0) is 23.1 Å². The van der Waals surface area contributed by atoms with Crippen molar-refractivity contribution in [3.63, 3.8) is 0 Å². The summed E-state index contributed by atoms with van der Waals surface area (Å²) in [5, 5.41) is 2.88. The molecule has 4 rings (SSSR count). The van der Waals surface area contributed by atoms with E-state index in [1.165, 1.54) is 6.33 Å². The van der Waals surface area contributed by atoms with Gasteiger partial charge in [0.1, 0.15) is 16.6 Å². The summed E-state index contributed by atoms with van der Waals surface area (Å²) in [4.78, 5) is 31.3. The lowest BCUT2D eigenvalue weighted by molar-refractivity contribution is 0.0390. The van der Waals surface area contributed by atoms with Gasteiger partial charge in [-0.2, -0.15) is 0 Å². The number of aromatic nitrogens is 3. The molecule has 0 saturated heterocycles. The van der Waals surface area contributed by atoms with Gasteiger partial charge in [-0.15, -0.1) is 0 Å². The third-order valence-electron chi connectivity index (χ3n) is 4.82. The first-order valence-corrected chi connectivity index (χ1v) is 9.46. The number of carbonyl (C=O) groups is 1. The van der Waals surface area contributed by atoms with Crippen LogP contribution in [0.1, 0.15) is 37.9 Å². The van der Waals surface area contributed by atoms with E-state index in [-0.39, 0.29) is 11.6 Å². The Kier molecular flexibility index (Phi) is 4.66. The lowest BCUT2D eigenvalue weighted by Gasteiger charge is -2.28. The molecular weight excluding hydrogens is 372 g/mol. The highest BCUT2D eigenvalue weighted by Gasteiger charge is 2.26. The normalized spacial score (nSPS) is 16.5. The Bertz CT molecular complexity index is 1140. The zero-order chi connectivity index (χ0) is 20.8. The number of amides is 1. The maximum absolute atomic E-state index is 12.2. The predicted molar refractivity (Wildman–Crippen MR) is 109 cm³/mol. The minimum Gasteiger partial charge on any atom is -0.444 e. The number of hydrogen-bond donors (Lipinski definition) is 2. The number of nitrogens with one attached hydrogen (secondary N) is 2. The first-order valence-electron chi connectivity index (χ1n) is 9.46. The van der Waals surface area contributed by atoms with Crippen LogP contribution in [0.4, 0.5) is 4.79 Å². The predicted octanol–water partition coefficient (Wildman–Crippen LogP) is 3.02. The van der Waals surface area contributed by atoms with Crippen molar-refractivity contribution in [3.05, 3.63) is 52.2 Å². The number of rotatable bonds is 2. The van der Waals surface area contributed by atoms with E-state index >= 15 is 0 Å². The number of hydrogen-bond acceptors (Lipinski definition) is 5. The van der Waals surface area contributed by atoms with Crippen LogP contribution in [0.15, 0.2) is 35.5 Å². The van der Waals surface area contributed by atoms with E-state index in [0.29, 0.717) is 24.2 Å². The van der Waals surface area contributed by atoms with E-state index in [4.69, 9.17) is 9.47 Å². The molecule has 3 aromatic rings. The van der Waals surface area contributed by atoms with Crippen molar-refractivity contribution in [1.82, 2.24) is 19.9 Å². The molecule has 2 N–H and O–H groups in total. The van der Waals surface area contributed by atoms with Crippen molar-refractivity contribution in [2.45, 2.75) is 39.0 Å². The van der Waals surface area contributed by atoms with Gasteiger partial charge in [0.25, 0.3) is 5.56 Å². The Hall–Kier alpha value is -3.13. The van der Waals surface area contributed by atoms with Crippen LogP contribution in [0.3, 0.4) is 0 Å². The molecule has 0 saturated carbocycles. The van der Waals surface area contributed by atoms with E-state index in [9.17, 15) is 9.59 Å². The van der Waals surface area contributed by atoms with E-state index in [1.807, 2.05) is 52.2 Å². The maximum atomic E-state index is 12.2. The molecule has 1 aliphatic heterocycles. The Morgan fingerprint density at radius 3 is 2.93 bits per heavy atom. The smallest absolute Gasteiger partial charge is 0.408 e. The van der Waals surface area contributed by atoms with Crippen molar-refractivity contribution >= 4 is 17.1 Å². The van der Waals surface area contributed by atoms with Gasteiger partial charge in [0.15, 0.2) is 0 Å². The maximum Gasteiger partial charge on any atom is 0.408 e. The minimum atomic E-state index is -0.564. The van der Waals surface area contributed by atoms with Gasteiger partial charge in [0.05, 0.1) is 25.6 Å². The van der Waals surface area contributed by atoms with E-state index in [0.717, 1.165) is 22.3 Å². The average Bonchev–Trinajstić information content (AvgIpc) is 2.98. The molecule has 2 aromatic heterocycles. The summed E-state index contributed by atoms with van der Waals surface area (Å²) in [7, 11) is 1.82. The number of ether oxygens (including phenoxy) is 2. The van der Waals surface area contributed by atoms with Crippen LogP contribution in [0.2, 0.25) is 0 Å². The summed E-state index contributed by atoms with van der Waals surface area (Å²) < 4.78 is 12.8. The highest BCUT2D eigenvalue weighted by molar-refractivity contribution is 5.92. The second kappa shape index (κ2) is 7.04. The molecule has 8 nitrogen and oxygen atoms in total. The second-order valence-electron chi connectivity index (χ2n) is 8.21.